The van der Waals surface area contributed by atoms with Crippen LogP contribution in [0.3, 0.4) is 0 Å². The van der Waals surface area contributed by atoms with Crippen LogP contribution < -0.4 is 15.6 Å². The Bertz CT molecular complexity index is 507. The van der Waals surface area contributed by atoms with Gasteiger partial charge in [0.15, 0.2) is 0 Å². The van der Waals surface area contributed by atoms with E-state index in [1.807, 2.05) is 5.43 Å². The van der Waals surface area contributed by atoms with Crippen molar-refractivity contribution in [3.8, 4) is 5.75 Å². The summed E-state index contributed by atoms with van der Waals surface area (Å²) in [4.78, 5) is 32.8. The van der Waals surface area contributed by atoms with Gasteiger partial charge in [-0.15, -0.1) is 0 Å². The Morgan fingerprint density at radius 3 is 2.26 bits per heavy atom. The molecule has 0 radical (unpaired) electrons. The standard InChI is InChI=1S/C12H12N2O5/c1-19-9-4-2-8(3-5-9)12(18)14-13-10(15)6-7-11(16)17/h2-7H,1H3,(H,13,15)(H,14,18)(H,16,17)/b7-6+. The minimum absolute atomic E-state index is 0.323. The van der Waals surface area contributed by atoms with E-state index in [-0.39, 0.29) is 0 Å². The van der Waals surface area contributed by atoms with Gasteiger partial charge in [0.2, 0.25) is 0 Å². The Balaban J connectivity index is 2.50. The van der Waals surface area contributed by atoms with Gasteiger partial charge in [-0.05, 0) is 24.3 Å². The smallest absolute Gasteiger partial charge is 0.328 e. The maximum atomic E-state index is 11.6. The van der Waals surface area contributed by atoms with Crippen LogP contribution in [0, 0.1) is 0 Å². The maximum Gasteiger partial charge on any atom is 0.328 e. The maximum absolute atomic E-state index is 11.6. The zero-order chi connectivity index (χ0) is 14.3. The number of hydrogen-bond acceptors (Lipinski definition) is 4. The fraction of sp³-hybridized carbons (Fsp3) is 0.0833. The largest absolute Gasteiger partial charge is 0.497 e. The molecule has 7 nitrogen and oxygen atoms in total. The molecule has 1 aromatic carbocycles. The highest BCUT2D eigenvalue weighted by atomic mass is 16.5. The molecule has 100 valence electrons. The number of nitrogens with one attached hydrogen (secondary N) is 2. The summed E-state index contributed by atoms with van der Waals surface area (Å²) in [6.45, 7) is 0. The number of carbonyl (C=O) groups excluding carboxylic acids is 2. The normalized spacial score (nSPS) is 9.95. The number of aliphatic carboxylic acids is 1. The molecule has 0 saturated carbocycles. The van der Waals surface area contributed by atoms with E-state index in [4.69, 9.17) is 9.84 Å². The highest BCUT2D eigenvalue weighted by Crippen LogP contribution is 2.10. The molecular formula is C12H12N2O5. The second-order valence-corrected chi connectivity index (χ2v) is 3.34. The van der Waals surface area contributed by atoms with Crippen LogP contribution in [-0.2, 0) is 9.59 Å². The van der Waals surface area contributed by atoms with Gasteiger partial charge in [-0.25, -0.2) is 4.79 Å². The lowest BCUT2D eigenvalue weighted by Crippen LogP contribution is -2.40. The van der Waals surface area contributed by atoms with Gasteiger partial charge in [-0.2, -0.15) is 0 Å². The van der Waals surface area contributed by atoms with E-state index in [1.54, 1.807) is 12.1 Å². The third-order valence-corrected chi connectivity index (χ3v) is 2.03. The van der Waals surface area contributed by atoms with Crippen molar-refractivity contribution in [2.75, 3.05) is 7.11 Å². The van der Waals surface area contributed by atoms with Gasteiger partial charge in [0.25, 0.3) is 11.8 Å². The van der Waals surface area contributed by atoms with Crippen LogP contribution in [0.25, 0.3) is 0 Å². The second-order valence-electron chi connectivity index (χ2n) is 3.34. The fourth-order valence-electron chi connectivity index (χ4n) is 1.12. The van der Waals surface area contributed by atoms with Gasteiger partial charge in [0, 0.05) is 17.7 Å². The van der Waals surface area contributed by atoms with E-state index >= 15 is 0 Å². The minimum Gasteiger partial charge on any atom is -0.497 e. The van der Waals surface area contributed by atoms with Crippen molar-refractivity contribution < 1.29 is 24.2 Å². The van der Waals surface area contributed by atoms with Gasteiger partial charge in [-0.1, -0.05) is 0 Å². The molecule has 0 fully saturated rings. The molecule has 3 N–H and O–H groups in total. The van der Waals surface area contributed by atoms with Crippen LogP contribution in [0.2, 0.25) is 0 Å². The Kier molecular flexibility index (Phi) is 5.09. The van der Waals surface area contributed by atoms with Gasteiger partial charge < -0.3 is 9.84 Å². The van der Waals surface area contributed by atoms with Crippen LogP contribution in [0.4, 0.5) is 0 Å². The van der Waals surface area contributed by atoms with E-state index in [9.17, 15) is 14.4 Å². The minimum atomic E-state index is -1.25. The highest BCUT2D eigenvalue weighted by Gasteiger charge is 2.06. The van der Waals surface area contributed by atoms with Crippen molar-refractivity contribution >= 4 is 17.8 Å². The lowest BCUT2D eigenvalue weighted by molar-refractivity contribution is -0.131. The molecule has 1 aromatic rings. The van der Waals surface area contributed by atoms with E-state index < -0.39 is 17.8 Å². The van der Waals surface area contributed by atoms with Crippen molar-refractivity contribution in [1.82, 2.24) is 10.9 Å². The number of benzene rings is 1. The molecule has 0 aliphatic rings. The molecule has 0 spiro atoms. The number of methoxy groups -OCH3 is 1. The van der Waals surface area contributed by atoms with Crippen molar-refractivity contribution in [2.45, 2.75) is 0 Å². The third kappa shape index (κ3) is 4.90. The number of carboxylic acids is 1. The molecule has 2 amide bonds. The van der Waals surface area contributed by atoms with Crippen LogP contribution in [0.5, 0.6) is 5.75 Å². The lowest BCUT2D eigenvalue weighted by atomic mass is 10.2. The molecule has 0 heterocycles. The first-order chi connectivity index (χ1) is 9.02. The van der Waals surface area contributed by atoms with Crippen LogP contribution in [0.15, 0.2) is 36.4 Å². The van der Waals surface area contributed by atoms with Crippen molar-refractivity contribution in [3.05, 3.63) is 42.0 Å². The number of hydrazine groups is 1. The number of amides is 2. The summed E-state index contributed by atoms with van der Waals surface area (Å²) >= 11 is 0. The van der Waals surface area contributed by atoms with Gasteiger partial charge in [-0.3, -0.25) is 20.4 Å². The Hall–Kier alpha value is -2.83. The number of hydrogen-bond donors (Lipinski definition) is 3. The molecule has 19 heavy (non-hydrogen) atoms. The summed E-state index contributed by atoms with van der Waals surface area (Å²) in [6, 6.07) is 6.24. The summed E-state index contributed by atoms with van der Waals surface area (Å²) in [5.41, 5.74) is 4.50. The van der Waals surface area contributed by atoms with E-state index in [0.29, 0.717) is 17.4 Å². The highest BCUT2D eigenvalue weighted by molar-refractivity contribution is 5.98. The van der Waals surface area contributed by atoms with Gasteiger partial charge in [0.05, 0.1) is 7.11 Å². The quantitative estimate of drug-likeness (QED) is 0.528. The zero-order valence-corrected chi connectivity index (χ0v) is 10.0. The predicted molar refractivity (Wildman–Crippen MR) is 65.4 cm³/mol. The molecule has 0 aliphatic carbocycles. The summed E-state index contributed by atoms with van der Waals surface area (Å²) < 4.78 is 4.94. The zero-order valence-electron chi connectivity index (χ0n) is 10.0. The second kappa shape index (κ2) is 6.80. The third-order valence-electron chi connectivity index (χ3n) is 2.03. The molecule has 0 atom stereocenters. The monoisotopic (exact) mass is 264 g/mol. The molecule has 0 bridgehead atoms. The van der Waals surface area contributed by atoms with Crippen molar-refractivity contribution in [1.29, 1.82) is 0 Å². The van der Waals surface area contributed by atoms with Crippen molar-refractivity contribution in [3.63, 3.8) is 0 Å². The van der Waals surface area contributed by atoms with E-state index in [0.717, 1.165) is 6.08 Å². The fourth-order valence-corrected chi connectivity index (χ4v) is 1.12. The summed E-state index contributed by atoms with van der Waals surface area (Å²) in [5, 5.41) is 8.30. The first-order valence-electron chi connectivity index (χ1n) is 5.18. The molecule has 0 aliphatic heterocycles. The summed E-state index contributed by atoms with van der Waals surface area (Å²) in [5.74, 6) is -1.93. The van der Waals surface area contributed by atoms with Crippen LogP contribution in [-0.4, -0.2) is 30.0 Å². The topological polar surface area (TPSA) is 105 Å². The number of carbonyl (C=O) groups is 3. The predicted octanol–water partition coefficient (Wildman–Crippen LogP) is 0.0970. The molecule has 0 unspecified atom stereocenters. The molecular weight excluding hydrogens is 252 g/mol. The van der Waals surface area contributed by atoms with Crippen molar-refractivity contribution in [2.24, 2.45) is 0 Å². The lowest BCUT2D eigenvalue weighted by Gasteiger charge is -2.05. The number of ether oxygens (including phenoxy) is 1. The van der Waals surface area contributed by atoms with Crippen LogP contribution in [0.1, 0.15) is 10.4 Å². The number of carboxylic acid groups (broad SMARTS) is 1. The molecule has 0 aromatic heterocycles. The van der Waals surface area contributed by atoms with Crippen LogP contribution >= 0.6 is 0 Å². The Labute approximate surface area is 108 Å². The summed E-state index contributed by atoms with van der Waals surface area (Å²) in [7, 11) is 1.50. The van der Waals surface area contributed by atoms with E-state index in [1.165, 1.54) is 19.2 Å². The van der Waals surface area contributed by atoms with Gasteiger partial charge >= 0.3 is 5.97 Å². The number of rotatable bonds is 4. The summed E-state index contributed by atoms with van der Waals surface area (Å²) in [6.07, 6.45) is 1.45. The Morgan fingerprint density at radius 1 is 1.11 bits per heavy atom. The van der Waals surface area contributed by atoms with E-state index in [2.05, 4.69) is 5.43 Å². The molecule has 0 saturated heterocycles. The average Bonchev–Trinajstić information content (AvgIpc) is 2.42. The molecule has 1 rings (SSSR count). The van der Waals surface area contributed by atoms with Gasteiger partial charge in [0.1, 0.15) is 5.75 Å². The Morgan fingerprint density at radius 2 is 1.74 bits per heavy atom. The molecule has 7 heteroatoms. The first-order valence-corrected chi connectivity index (χ1v) is 5.18. The first kappa shape index (κ1) is 14.2. The SMILES string of the molecule is COc1ccc(C(=O)NNC(=O)/C=C/C(=O)O)cc1. The average molecular weight is 264 g/mol.